The van der Waals surface area contributed by atoms with Crippen LogP contribution in [0.1, 0.15) is 36.7 Å². The highest BCUT2D eigenvalue weighted by Crippen LogP contribution is 2.30. The van der Waals surface area contributed by atoms with Crippen molar-refractivity contribution >= 4 is 39.9 Å². The van der Waals surface area contributed by atoms with Crippen LogP contribution in [0, 0.1) is 0 Å². The Labute approximate surface area is 186 Å². The molecule has 0 atom stereocenters. The quantitative estimate of drug-likeness (QED) is 0.476. The van der Waals surface area contributed by atoms with Crippen molar-refractivity contribution in [3.05, 3.63) is 70.7 Å². The van der Waals surface area contributed by atoms with Gasteiger partial charge in [0, 0.05) is 23.3 Å². The monoisotopic (exact) mass is 440 g/mol. The number of carboxylic acid groups (broad SMARTS) is 1. The van der Waals surface area contributed by atoms with Gasteiger partial charge >= 0.3 is 5.97 Å². The number of aromatic carboxylic acids is 1. The molecule has 0 fully saturated rings. The Bertz CT molecular complexity index is 1120. The third-order valence-corrected chi connectivity index (χ3v) is 4.87. The number of carboxylic acids is 1. The average Bonchev–Trinajstić information content (AvgIpc) is 2.70. The zero-order valence-electron chi connectivity index (χ0n) is 17.7. The fourth-order valence-corrected chi connectivity index (χ4v) is 3.42. The van der Waals surface area contributed by atoms with Gasteiger partial charge in [-0.1, -0.05) is 41.9 Å². The summed E-state index contributed by atoms with van der Waals surface area (Å²) in [5, 5.41) is 17.6. The first-order valence-electron chi connectivity index (χ1n) is 9.85. The van der Waals surface area contributed by atoms with E-state index in [9.17, 15) is 14.7 Å². The van der Waals surface area contributed by atoms with Gasteiger partial charge in [-0.05, 0) is 55.8 Å². The van der Waals surface area contributed by atoms with E-state index in [1.165, 1.54) is 6.07 Å². The summed E-state index contributed by atoms with van der Waals surface area (Å²) >= 11 is 5.96. The second kappa shape index (κ2) is 9.27. The minimum atomic E-state index is -1.09. The summed E-state index contributed by atoms with van der Waals surface area (Å²) in [5.41, 5.74) is 1.17. The van der Waals surface area contributed by atoms with Gasteiger partial charge in [0.1, 0.15) is 5.75 Å². The Morgan fingerprint density at radius 2 is 1.81 bits per heavy atom. The van der Waals surface area contributed by atoms with Gasteiger partial charge in [0.05, 0.1) is 10.6 Å². The van der Waals surface area contributed by atoms with Crippen LogP contribution in [0.4, 0.5) is 5.69 Å². The lowest BCUT2D eigenvalue weighted by Gasteiger charge is -2.21. The molecule has 0 unspecified atom stereocenters. The molecule has 3 aromatic carbocycles. The number of anilines is 1. The molecule has 1 amide bonds. The Morgan fingerprint density at radius 1 is 1.06 bits per heavy atom. The third kappa shape index (κ3) is 5.89. The lowest BCUT2D eigenvalue weighted by atomic mass is 10.0. The number of halogens is 1. The highest BCUT2D eigenvalue weighted by Gasteiger charge is 2.16. The molecule has 0 bridgehead atoms. The first-order valence-corrected chi connectivity index (χ1v) is 10.2. The first-order chi connectivity index (χ1) is 14.6. The summed E-state index contributed by atoms with van der Waals surface area (Å²) in [6, 6.07) is 16.4. The van der Waals surface area contributed by atoms with Crippen molar-refractivity contribution in [1.29, 1.82) is 0 Å². The SMILES string of the molecule is CC(C)(C)NC(=O)COc1ccc2ccccc2c1CNc1ccc(Cl)c(C(=O)O)c1. The van der Waals surface area contributed by atoms with Crippen molar-refractivity contribution < 1.29 is 19.4 Å². The van der Waals surface area contributed by atoms with E-state index in [1.54, 1.807) is 12.1 Å². The maximum atomic E-state index is 12.2. The van der Waals surface area contributed by atoms with Gasteiger partial charge in [0.25, 0.3) is 5.91 Å². The lowest BCUT2D eigenvalue weighted by molar-refractivity contribution is -0.124. The Hall–Kier alpha value is -3.25. The maximum Gasteiger partial charge on any atom is 0.337 e. The van der Waals surface area contributed by atoms with Crippen LogP contribution in [0.2, 0.25) is 5.02 Å². The number of amides is 1. The molecule has 6 nitrogen and oxygen atoms in total. The van der Waals surface area contributed by atoms with E-state index >= 15 is 0 Å². The highest BCUT2D eigenvalue weighted by atomic mass is 35.5. The standard InChI is InChI=1S/C24H25ClN2O4/c1-24(2,3)27-22(28)14-31-21-11-8-15-6-4-5-7-17(15)19(21)13-26-16-9-10-20(25)18(12-16)23(29)30/h4-12,26H,13-14H2,1-3H3,(H,27,28)(H,29,30). The van der Waals surface area contributed by atoms with Gasteiger partial charge in [-0.15, -0.1) is 0 Å². The molecule has 3 N–H and O–H groups in total. The van der Waals surface area contributed by atoms with Crippen molar-refractivity contribution in [2.24, 2.45) is 0 Å². The summed E-state index contributed by atoms with van der Waals surface area (Å²) in [7, 11) is 0. The number of rotatable bonds is 7. The smallest absolute Gasteiger partial charge is 0.337 e. The molecule has 162 valence electrons. The largest absolute Gasteiger partial charge is 0.483 e. The van der Waals surface area contributed by atoms with Gasteiger partial charge in [0.2, 0.25) is 0 Å². The van der Waals surface area contributed by atoms with Crippen molar-refractivity contribution in [2.75, 3.05) is 11.9 Å². The van der Waals surface area contributed by atoms with Gasteiger partial charge in [-0.25, -0.2) is 4.79 Å². The number of nitrogens with one attached hydrogen (secondary N) is 2. The van der Waals surface area contributed by atoms with Gasteiger partial charge in [-0.3, -0.25) is 4.79 Å². The molecule has 0 saturated heterocycles. The molecule has 0 spiro atoms. The van der Waals surface area contributed by atoms with Gasteiger partial charge in [0.15, 0.2) is 6.61 Å². The second-order valence-electron chi connectivity index (χ2n) is 8.20. The number of benzene rings is 3. The highest BCUT2D eigenvalue weighted by molar-refractivity contribution is 6.33. The Kier molecular flexibility index (Phi) is 6.71. The van der Waals surface area contributed by atoms with Crippen LogP contribution in [-0.2, 0) is 11.3 Å². The fraction of sp³-hybridized carbons (Fsp3) is 0.250. The van der Waals surface area contributed by atoms with E-state index < -0.39 is 5.97 Å². The van der Waals surface area contributed by atoms with E-state index in [-0.39, 0.29) is 28.6 Å². The summed E-state index contributed by atoms with van der Waals surface area (Å²) in [5.74, 6) is -0.709. The van der Waals surface area contributed by atoms with E-state index in [1.807, 2.05) is 57.2 Å². The van der Waals surface area contributed by atoms with Crippen molar-refractivity contribution in [3.8, 4) is 5.75 Å². The number of ether oxygens (including phenoxy) is 1. The van der Waals surface area contributed by atoms with E-state index in [2.05, 4.69) is 10.6 Å². The summed E-state index contributed by atoms with van der Waals surface area (Å²) in [6.45, 7) is 6.00. The summed E-state index contributed by atoms with van der Waals surface area (Å²) in [4.78, 5) is 23.6. The van der Waals surface area contributed by atoms with Crippen molar-refractivity contribution in [3.63, 3.8) is 0 Å². The molecule has 31 heavy (non-hydrogen) atoms. The molecule has 0 aliphatic rings. The minimum Gasteiger partial charge on any atom is -0.483 e. The summed E-state index contributed by atoms with van der Waals surface area (Å²) in [6.07, 6.45) is 0. The maximum absolute atomic E-state index is 12.2. The van der Waals surface area contributed by atoms with Crippen LogP contribution in [-0.4, -0.2) is 29.1 Å². The van der Waals surface area contributed by atoms with Crippen LogP contribution in [0.25, 0.3) is 10.8 Å². The molecule has 3 rings (SSSR count). The molecule has 3 aromatic rings. The molecule has 7 heteroatoms. The van der Waals surface area contributed by atoms with E-state index in [0.717, 1.165) is 16.3 Å². The summed E-state index contributed by atoms with van der Waals surface area (Å²) < 4.78 is 5.86. The predicted octanol–water partition coefficient (Wildman–Crippen LogP) is 5.10. The van der Waals surface area contributed by atoms with Crippen LogP contribution in [0.15, 0.2) is 54.6 Å². The number of hydrogen-bond donors (Lipinski definition) is 3. The third-order valence-electron chi connectivity index (χ3n) is 4.54. The molecular formula is C24H25ClN2O4. The Morgan fingerprint density at radius 3 is 2.52 bits per heavy atom. The van der Waals surface area contributed by atoms with Crippen molar-refractivity contribution in [1.82, 2.24) is 5.32 Å². The number of fused-ring (bicyclic) bond motifs is 1. The lowest BCUT2D eigenvalue weighted by Crippen LogP contribution is -2.43. The first kappa shape index (κ1) is 22.4. The average molecular weight is 441 g/mol. The zero-order valence-corrected chi connectivity index (χ0v) is 18.4. The predicted molar refractivity (Wildman–Crippen MR) is 123 cm³/mol. The van der Waals surface area contributed by atoms with Crippen LogP contribution >= 0.6 is 11.6 Å². The minimum absolute atomic E-state index is 0.0277. The van der Waals surface area contributed by atoms with Crippen LogP contribution in [0.5, 0.6) is 5.75 Å². The second-order valence-corrected chi connectivity index (χ2v) is 8.61. The molecule has 0 aromatic heterocycles. The molecule has 0 saturated carbocycles. The molecule has 0 aliphatic heterocycles. The van der Waals surface area contributed by atoms with Crippen LogP contribution in [0.3, 0.4) is 0 Å². The number of hydrogen-bond acceptors (Lipinski definition) is 4. The molecule has 0 heterocycles. The number of carbonyl (C=O) groups excluding carboxylic acids is 1. The van der Waals surface area contributed by atoms with Gasteiger partial charge in [-0.2, -0.15) is 0 Å². The molecular weight excluding hydrogens is 416 g/mol. The molecule has 0 aliphatic carbocycles. The molecule has 0 radical (unpaired) electrons. The van der Waals surface area contributed by atoms with Crippen molar-refractivity contribution in [2.45, 2.75) is 32.9 Å². The zero-order chi connectivity index (χ0) is 22.6. The van der Waals surface area contributed by atoms with E-state index in [4.69, 9.17) is 16.3 Å². The van der Waals surface area contributed by atoms with Crippen LogP contribution < -0.4 is 15.4 Å². The Balaban J connectivity index is 1.85. The topological polar surface area (TPSA) is 87.7 Å². The van der Waals surface area contributed by atoms with E-state index in [0.29, 0.717) is 18.0 Å². The normalized spacial score (nSPS) is 11.2. The number of carbonyl (C=O) groups is 2. The fourth-order valence-electron chi connectivity index (χ4n) is 3.22. The van der Waals surface area contributed by atoms with Gasteiger partial charge < -0.3 is 20.5 Å².